The van der Waals surface area contributed by atoms with E-state index in [-0.39, 0.29) is 24.3 Å². The van der Waals surface area contributed by atoms with E-state index in [0.29, 0.717) is 29.9 Å². The van der Waals surface area contributed by atoms with Gasteiger partial charge in [0, 0.05) is 35.6 Å². The fraction of sp³-hybridized carbons (Fsp3) is 0.286. The molecule has 0 aliphatic rings. The quantitative estimate of drug-likeness (QED) is 0.535. The molecule has 2 aromatic carbocycles. The first-order chi connectivity index (χ1) is 13.5. The Morgan fingerprint density at radius 2 is 1.50 bits per heavy atom. The van der Waals surface area contributed by atoms with E-state index in [1.165, 1.54) is 0 Å². The summed E-state index contributed by atoms with van der Waals surface area (Å²) in [5.74, 6) is -0.396. The number of carbonyl (C=O) groups is 3. The Hall–Kier alpha value is -3.35. The lowest BCUT2D eigenvalue weighted by molar-refractivity contribution is -0.116. The zero-order chi connectivity index (χ0) is 20.4. The molecule has 2 rings (SSSR count). The second-order valence-corrected chi connectivity index (χ2v) is 6.22. The van der Waals surface area contributed by atoms with Crippen molar-refractivity contribution in [2.45, 2.75) is 26.7 Å². The molecule has 0 radical (unpaired) electrons. The minimum Gasteiger partial charge on any atom is -0.376 e. The molecule has 0 bridgehead atoms. The van der Waals surface area contributed by atoms with Crippen LogP contribution in [0, 0.1) is 0 Å². The summed E-state index contributed by atoms with van der Waals surface area (Å²) in [6.45, 7) is 4.44. The van der Waals surface area contributed by atoms with Gasteiger partial charge < -0.3 is 21.3 Å². The Bertz CT molecular complexity index is 819. The number of anilines is 3. The summed E-state index contributed by atoms with van der Waals surface area (Å²) in [7, 11) is 0. The van der Waals surface area contributed by atoms with Gasteiger partial charge in [0.05, 0.1) is 6.54 Å². The van der Waals surface area contributed by atoms with Gasteiger partial charge in [0.1, 0.15) is 0 Å². The first-order valence-electron chi connectivity index (χ1n) is 9.33. The Morgan fingerprint density at radius 3 is 2.18 bits per heavy atom. The summed E-state index contributed by atoms with van der Waals surface area (Å²) in [5, 5.41) is 11.3. The average Bonchev–Trinajstić information content (AvgIpc) is 2.67. The number of benzene rings is 2. The fourth-order valence-corrected chi connectivity index (χ4v) is 2.51. The predicted octanol–water partition coefficient (Wildman–Crippen LogP) is 3.23. The van der Waals surface area contributed by atoms with Crippen molar-refractivity contribution in [2.75, 3.05) is 29.0 Å². The molecule has 0 spiro atoms. The van der Waals surface area contributed by atoms with Crippen LogP contribution in [0.4, 0.5) is 17.1 Å². The van der Waals surface area contributed by atoms with Gasteiger partial charge in [-0.2, -0.15) is 0 Å². The highest BCUT2D eigenvalue weighted by Crippen LogP contribution is 2.15. The number of hydrogen-bond donors (Lipinski definition) is 4. The van der Waals surface area contributed by atoms with Gasteiger partial charge in [0.15, 0.2) is 0 Å². The summed E-state index contributed by atoms with van der Waals surface area (Å²) in [4.78, 5) is 35.5. The van der Waals surface area contributed by atoms with Crippen LogP contribution in [0.3, 0.4) is 0 Å². The van der Waals surface area contributed by atoms with E-state index >= 15 is 0 Å². The third-order valence-corrected chi connectivity index (χ3v) is 3.84. The molecule has 148 valence electrons. The summed E-state index contributed by atoms with van der Waals surface area (Å²) < 4.78 is 0. The van der Waals surface area contributed by atoms with Crippen molar-refractivity contribution in [1.82, 2.24) is 5.32 Å². The maximum absolute atomic E-state index is 12.1. The largest absolute Gasteiger partial charge is 0.376 e. The molecule has 0 saturated heterocycles. The topological polar surface area (TPSA) is 99.3 Å². The minimum absolute atomic E-state index is 0.0338. The number of carbonyl (C=O) groups excluding carboxylic acids is 3. The summed E-state index contributed by atoms with van der Waals surface area (Å²) >= 11 is 0. The number of nitrogens with one attached hydrogen (secondary N) is 4. The number of rotatable bonds is 9. The molecule has 7 nitrogen and oxygen atoms in total. The zero-order valence-electron chi connectivity index (χ0n) is 16.2. The van der Waals surface area contributed by atoms with Gasteiger partial charge in [-0.3, -0.25) is 14.4 Å². The third kappa shape index (κ3) is 6.75. The summed E-state index contributed by atoms with van der Waals surface area (Å²) in [6.07, 6.45) is 1.26. The third-order valence-electron chi connectivity index (χ3n) is 3.84. The number of amides is 3. The molecule has 0 atom stereocenters. The summed E-state index contributed by atoms with van der Waals surface area (Å²) in [5.41, 5.74) is 2.57. The van der Waals surface area contributed by atoms with Crippen LogP contribution in [0.15, 0.2) is 48.5 Å². The highest BCUT2D eigenvalue weighted by molar-refractivity contribution is 5.97. The van der Waals surface area contributed by atoms with E-state index in [9.17, 15) is 14.4 Å². The van der Waals surface area contributed by atoms with Crippen molar-refractivity contribution in [2.24, 2.45) is 0 Å². The second kappa shape index (κ2) is 10.7. The van der Waals surface area contributed by atoms with Gasteiger partial charge in [0.2, 0.25) is 11.8 Å². The molecule has 0 heterocycles. The molecule has 0 fully saturated rings. The molecule has 7 heteroatoms. The zero-order valence-corrected chi connectivity index (χ0v) is 16.2. The van der Waals surface area contributed by atoms with E-state index in [1.54, 1.807) is 36.4 Å². The van der Waals surface area contributed by atoms with Crippen molar-refractivity contribution in [3.63, 3.8) is 0 Å². The highest BCUT2D eigenvalue weighted by Gasteiger charge is 2.07. The lowest BCUT2D eigenvalue weighted by Gasteiger charge is -2.10. The van der Waals surface area contributed by atoms with Crippen LogP contribution in [0.25, 0.3) is 0 Å². The van der Waals surface area contributed by atoms with Crippen molar-refractivity contribution < 1.29 is 14.4 Å². The summed E-state index contributed by atoms with van der Waals surface area (Å²) in [6, 6.07) is 13.9. The van der Waals surface area contributed by atoms with Gasteiger partial charge in [0.25, 0.3) is 5.91 Å². The minimum atomic E-state index is -0.216. The molecular formula is C21H26N4O3. The maximum Gasteiger partial charge on any atom is 0.251 e. The van der Waals surface area contributed by atoms with Gasteiger partial charge in [-0.05, 0) is 55.8 Å². The van der Waals surface area contributed by atoms with Crippen LogP contribution in [-0.2, 0) is 9.59 Å². The fourth-order valence-electron chi connectivity index (χ4n) is 2.51. The molecule has 28 heavy (non-hydrogen) atoms. The van der Waals surface area contributed by atoms with Crippen LogP contribution >= 0.6 is 0 Å². The van der Waals surface area contributed by atoms with E-state index in [4.69, 9.17) is 0 Å². The molecular weight excluding hydrogens is 356 g/mol. The van der Waals surface area contributed by atoms with Crippen LogP contribution in [-0.4, -0.2) is 30.8 Å². The first kappa shape index (κ1) is 21.0. The number of hydrogen-bond acceptors (Lipinski definition) is 4. The predicted molar refractivity (Wildman–Crippen MR) is 112 cm³/mol. The van der Waals surface area contributed by atoms with Crippen LogP contribution in [0.1, 0.15) is 37.0 Å². The molecule has 0 saturated carbocycles. The average molecular weight is 382 g/mol. The smallest absolute Gasteiger partial charge is 0.251 e. The molecule has 3 amide bonds. The van der Waals surface area contributed by atoms with Crippen molar-refractivity contribution in [1.29, 1.82) is 0 Å². The van der Waals surface area contributed by atoms with Gasteiger partial charge >= 0.3 is 0 Å². The Kier molecular flexibility index (Phi) is 8.02. The van der Waals surface area contributed by atoms with Crippen molar-refractivity contribution in [3.05, 3.63) is 54.1 Å². The maximum atomic E-state index is 12.1. The van der Waals surface area contributed by atoms with Gasteiger partial charge in [-0.1, -0.05) is 13.0 Å². The standard InChI is InChI=1S/C21H26N4O3/c1-3-6-19(26)25-18-8-5-7-17(13-18)23-14-20(27)24-16-11-9-15(10-12-16)21(28)22-4-2/h5,7-13,23H,3-4,6,14H2,1-2H3,(H,22,28)(H,24,27)(H,25,26). The van der Waals surface area contributed by atoms with E-state index in [2.05, 4.69) is 21.3 Å². The van der Waals surface area contributed by atoms with Crippen LogP contribution < -0.4 is 21.3 Å². The lowest BCUT2D eigenvalue weighted by Crippen LogP contribution is -2.23. The lowest BCUT2D eigenvalue weighted by atomic mass is 10.2. The molecule has 0 aliphatic carbocycles. The molecule has 2 aromatic rings. The van der Waals surface area contributed by atoms with Gasteiger partial charge in [-0.25, -0.2) is 0 Å². The van der Waals surface area contributed by atoms with E-state index in [1.807, 2.05) is 26.0 Å². The normalized spacial score (nSPS) is 10.1. The molecule has 4 N–H and O–H groups in total. The Balaban J connectivity index is 1.85. The monoisotopic (exact) mass is 382 g/mol. The second-order valence-electron chi connectivity index (χ2n) is 6.22. The SMILES string of the molecule is CCCC(=O)Nc1cccc(NCC(=O)Nc2ccc(C(=O)NCC)cc2)c1. The first-order valence-corrected chi connectivity index (χ1v) is 9.33. The highest BCUT2D eigenvalue weighted by atomic mass is 16.2. The van der Waals surface area contributed by atoms with Crippen LogP contribution in [0.2, 0.25) is 0 Å². The molecule has 0 aromatic heterocycles. The molecule has 0 unspecified atom stereocenters. The van der Waals surface area contributed by atoms with Crippen LogP contribution in [0.5, 0.6) is 0 Å². The van der Waals surface area contributed by atoms with Gasteiger partial charge in [-0.15, -0.1) is 0 Å². The Labute approximate surface area is 164 Å². The van der Waals surface area contributed by atoms with E-state index in [0.717, 1.165) is 12.1 Å². The van der Waals surface area contributed by atoms with Crippen molar-refractivity contribution in [3.8, 4) is 0 Å². The Morgan fingerprint density at radius 1 is 0.821 bits per heavy atom. The molecule has 0 aliphatic heterocycles. The van der Waals surface area contributed by atoms with E-state index < -0.39 is 0 Å². The van der Waals surface area contributed by atoms with Crippen molar-refractivity contribution >= 4 is 34.8 Å².